The van der Waals surface area contributed by atoms with Gasteiger partial charge in [-0.05, 0) is 19.3 Å². The van der Waals surface area contributed by atoms with Gasteiger partial charge in [0, 0.05) is 110 Å². The SMILES string of the molecule is CCCCCCCCCCCCCCCCCCS(C)(=O)=O.CCCCCCCCCCCCCCCCCCS(C)(=O)=O.CCCCCCCCCCCCCCCCCCS(C)(=O)=O.CS(C)(=O)=O.[Cu].c1ccc2c(c1)C1=NC2=NC2=NC(=NC3=NC(=NC4=NC(=N1)c1ccccc14)c1ccccc13)c1ccccc12. The topological polar surface area (TPSA) is 235 Å². The third-order valence-electron chi connectivity index (χ3n) is 20.4. The molecular formula is C91H142CuN8O8S4. The Kier molecular flexibility index (Phi) is 50.9. The summed E-state index contributed by atoms with van der Waals surface area (Å²) in [6.45, 7) is 6.82. The van der Waals surface area contributed by atoms with E-state index in [2.05, 4.69) is 20.8 Å². The molecule has 9 rings (SSSR count). The number of rotatable bonds is 51. The molecule has 0 unspecified atom stereocenters. The maximum absolute atomic E-state index is 11.0. The second-order valence-electron chi connectivity index (χ2n) is 31.6. The van der Waals surface area contributed by atoms with Gasteiger partial charge in [0.05, 0.1) is 0 Å². The molecule has 0 fully saturated rings. The summed E-state index contributed by atoms with van der Waals surface area (Å²) in [6, 6.07) is 31.8. The van der Waals surface area contributed by atoms with Crippen LogP contribution < -0.4 is 0 Å². The summed E-state index contributed by atoms with van der Waals surface area (Å²) >= 11 is 0. The number of fused-ring (bicyclic) bond motifs is 16. The largest absolute Gasteiger partial charge is 0.229 e. The number of aliphatic imine (C=N–C) groups is 8. The summed E-state index contributed by atoms with van der Waals surface area (Å²) in [6.07, 6.45) is 70.0. The monoisotopic (exact) mass is 1670 g/mol. The van der Waals surface area contributed by atoms with Crippen LogP contribution >= 0.6 is 0 Å². The van der Waals surface area contributed by atoms with Crippen LogP contribution in [0.4, 0.5) is 0 Å². The van der Waals surface area contributed by atoms with E-state index in [0.717, 1.165) is 95.5 Å². The molecule has 0 aromatic heterocycles. The van der Waals surface area contributed by atoms with Gasteiger partial charge in [-0.15, -0.1) is 0 Å². The minimum Gasteiger partial charge on any atom is -0.229 e. The van der Waals surface area contributed by atoms with Crippen LogP contribution in [0, 0.1) is 0 Å². The van der Waals surface area contributed by atoms with E-state index in [9.17, 15) is 33.7 Å². The maximum atomic E-state index is 11.0. The van der Waals surface area contributed by atoms with Gasteiger partial charge in [-0.2, -0.15) is 0 Å². The first kappa shape index (κ1) is 98.9. The molecule has 0 amide bonds. The number of unbranched alkanes of at least 4 members (excludes halogenated alkanes) is 45. The molecule has 4 aromatic rings. The maximum Gasteiger partial charge on any atom is 0.164 e. The Balaban J connectivity index is 0.000000323. The molecule has 1 radical (unpaired) electrons. The van der Waals surface area contributed by atoms with E-state index in [4.69, 9.17) is 39.9 Å². The van der Waals surface area contributed by atoms with E-state index < -0.39 is 39.3 Å². The number of amidine groups is 8. The van der Waals surface area contributed by atoms with Crippen LogP contribution in [-0.4, -0.2) is 129 Å². The summed E-state index contributed by atoms with van der Waals surface area (Å²) in [5.41, 5.74) is 7.15. The first-order valence-electron chi connectivity index (χ1n) is 43.2. The van der Waals surface area contributed by atoms with Crippen molar-refractivity contribution in [2.75, 3.05) is 48.5 Å². The van der Waals surface area contributed by atoms with E-state index in [0.29, 0.717) is 63.9 Å². The Labute approximate surface area is 690 Å². The molecule has 112 heavy (non-hydrogen) atoms. The van der Waals surface area contributed by atoms with Gasteiger partial charge in [0.15, 0.2) is 46.7 Å². The van der Waals surface area contributed by atoms with Gasteiger partial charge in [0.2, 0.25) is 0 Å². The van der Waals surface area contributed by atoms with Crippen LogP contribution in [0.2, 0.25) is 0 Å². The predicted octanol–water partition coefficient (Wildman–Crippen LogP) is 23.4. The third-order valence-corrected chi connectivity index (χ3v) is 23.5. The summed E-state index contributed by atoms with van der Waals surface area (Å²) in [5, 5.41) is 0. The van der Waals surface area contributed by atoms with Gasteiger partial charge in [-0.25, -0.2) is 73.6 Å². The zero-order valence-electron chi connectivity index (χ0n) is 70.1. The predicted molar refractivity (Wildman–Crippen MR) is 477 cm³/mol. The summed E-state index contributed by atoms with van der Waals surface area (Å²) in [5.74, 6) is 5.52. The van der Waals surface area contributed by atoms with E-state index >= 15 is 0 Å². The molecule has 0 N–H and O–H groups in total. The molecular weight excluding hydrogens is 1520 g/mol. The van der Waals surface area contributed by atoms with Crippen LogP contribution in [0.1, 0.15) is 373 Å². The molecule has 629 valence electrons. The van der Waals surface area contributed by atoms with Crippen molar-refractivity contribution in [3.8, 4) is 0 Å². The van der Waals surface area contributed by atoms with Gasteiger partial charge in [0.1, 0.15) is 39.3 Å². The fourth-order valence-electron chi connectivity index (χ4n) is 14.2. The van der Waals surface area contributed by atoms with Gasteiger partial charge in [-0.1, -0.05) is 407 Å². The second-order valence-corrected chi connectivity index (χ2v) is 40.7. The summed E-state index contributed by atoms with van der Waals surface area (Å²) in [4.78, 5) is 39.3. The number of sulfone groups is 4. The Hall–Kier alpha value is -5.44. The zero-order chi connectivity index (χ0) is 80.3. The molecule has 16 nitrogen and oxygen atoms in total. The van der Waals surface area contributed by atoms with Gasteiger partial charge < -0.3 is 0 Å². The van der Waals surface area contributed by atoms with Crippen molar-refractivity contribution in [2.24, 2.45) is 39.9 Å². The first-order valence-corrected chi connectivity index (χ1v) is 51.7. The van der Waals surface area contributed by atoms with Crippen LogP contribution in [0.5, 0.6) is 0 Å². The normalized spacial score (nSPS) is 13.7. The molecule has 8 bridgehead atoms. The molecule has 5 heterocycles. The van der Waals surface area contributed by atoms with Crippen LogP contribution in [0.15, 0.2) is 137 Å². The molecule has 0 aliphatic carbocycles. The summed E-state index contributed by atoms with van der Waals surface area (Å²) in [7, 11) is -10.9. The van der Waals surface area contributed by atoms with Crippen LogP contribution in [0.25, 0.3) is 0 Å². The van der Waals surface area contributed by atoms with Crippen LogP contribution in [0.3, 0.4) is 0 Å². The van der Waals surface area contributed by atoms with Crippen LogP contribution in [-0.2, 0) is 56.4 Å². The molecule has 0 spiro atoms. The van der Waals surface area contributed by atoms with Crippen molar-refractivity contribution in [3.05, 3.63) is 142 Å². The Bertz CT molecular complexity index is 3630. The molecule has 5 aliphatic rings. The fourth-order valence-corrected chi connectivity index (χ4v) is 16.4. The van der Waals surface area contributed by atoms with Crippen molar-refractivity contribution in [3.63, 3.8) is 0 Å². The number of nitrogens with zero attached hydrogens (tertiary/aromatic N) is 8. The Morgan fingerprint density at radius 2 is 0.286 bits per heavy atom. The van der Waals surface area contributed by atoms with Crippen molar-refractivity contribution in [2.45, 2.75) is 329 Å². The number of benzene rings is 4. The third kappa shape index (κ3) is 44.0. The molecule has 0 saturated heterocycles. The molecule has 0 saturated carbocycles. The minimum absolute atomic E-state index is 0. The number of hydrogen-bond donors (Lipinski definition) is 0. The van der Waals surface area contributed by atoms with Crippen molar-refractivity contribution in [1.82, 2.24) is 0 Å². The van der Waals surface area contributed by atoms with Crippen molar-refractivity contribution < 1.29 is 50.7 Å². The second kappa shape index (κ2) is 57.6. The zero-order valence-corrected chi connectivity index (χ0v) is 74.3. The minimum atomic E-state index is -2.74. The standard InChI is InChI=1S/C32H16N8.3C19H40O2S.C2H6O2S.Cu/c1-2-10-18-17(9-1)25-33-26(18)38-28-21-13-5-6-14-22(21)30(35-28)40-32-24-16-8-7-15-23(24)31(36-32)39-29-20-12-4-3-11-19(20)27(34-29)37-25;3*1-3-4-5-6-7-8-9-10-11-12-13-14-15-16-17-18-19-22(2,20)21;1-5(2,3)4;/h1-16H;3*3-19H2,1-2H3;1-2H3;. The van der Waals surface area contributed by atoms with Gasteiger partial charge in [0.25, 0.3) is 0 Å². The van der Waals surface area contributed by atoms with Crippen molar-refractivity contribution in [1.29, 1.82) is 0 Å². The fraction of sp³-hybridized carbons (Fsp3) is 0.648. The quantitative estimate of drug-likeness (QED) is 0.0304. The van der Waals surface area contributed by atoms with Gasteiger partial charge in [-0.3, -0.25) is 0 Å². The first-order chi connectivity index (χ1) is 53.5. The van der Waals surface area contributed by atoms with E-state index in [1.807, 2.05) is 97.1 Å². The molecule has 21 heteroatoms. The Morgan fingerprint density at radius 1 is 0.188 bits per heavy atom. The smallest absolute Gasteiger partial charge is 0.164 e. The van der Waals surface area contributed by atoms with Gasteiger partial charge >= 0.3 is 0 Å². The molecule has 0 atom stereocenters. The molecule has 4 aromatic carbocycles. The van der Waals surface area contributed by atoms with E-state index in [-0.39, 0.29) is 17.1 Å². The average Bonchev–Trinajstić information content (AvgIpc) is 1.60. The molecule has 5 aliphatic heterocycles. The Morgan fingerprint density at radius 3 is 0.384 bits per heavy atom. The van der Waals surface area contributed by atoms with E-state index in [1.54, 1.807) is 0 Å². The van der Waals surface area contributed by atoms with E-state index in [1.165, 1.54) is 288 Å². The van der Waals surface area contributed by atoms with Crippen molar-refractivity contribution >= 4 is 86.0 Å². The average molecular weight is 1670 g/mol. The summed E-state index contributed by atoms with van der Waals surface area (Å²) < 4.78 is 85.1. The number of hydrogen-bond acceptors (Lipinski definition) is 16.